The van der Waals surface area contributed by atoms with Crippen LogP contribution in [0.4, 0.5) is 0 Å². The van der Waals surface area contributed by atoms with E-state index in [2.05, 4.69) is 56.3 Å². The molecule has 0 aliphatic heterocycles. The molecule has 0 bridgehead atoms. The average molecular weight is 283 g/mol. The van der Waals surface area contributed by atoms with E-state index in [1.54, 1.807) is 4.68 Å². The minimum absolute atomic E-state index is 0.0892. The summed E-state index contributed by atoms with van der Waals surface area (Å²) in [6, 6.07) is 0. The molecule has 8 nitrogen and oxygen atoms in total. The Morgan fingerprint density at radius 3 is 2.95 bits per heavy atom. The Morgan fingerprint density at radius 1 is 1.42 bits per heavy atom. The van der Waals surface area contributed by atoms with Gasteiger partial charge in [-0.3, -0.25) is 0 Å². The van der Waals surface area contributed by atoms with Crippen molar-refractivity contribution in [1.29, 1.82) is 0 Å². The fourth-order valence-electron chi connectivity index (χ4n) is 1.36. The second-order valence-corrected chi connectivity index (χ2v) is 5.94. The predicted octanol–water partition coefficient (Wildman–Crippen LogP) is 0.736. The van der Waals surface area contributed by atoms with Crippen molar-refractivity contribution >= 4 is 11.8 Å². The second-order valence-electron chi connectivity index (χ2n) is 5.00. The van der Waals surface area contributed by atoms with E-state index >= 15 is 0 Å². The number of hydrogen-bond donors (Lipinski definition) is 1. The monoisotopic (exact) mass is 283 g/mol. The molecule has 2 aromatic rings. The van der Waals surface area contributed by atoms with Gasteiger partial charge < -0.3 is 9.84 Å². The van der Waals surface area contributed by atoms with Crippen LogP contribution in [0.15, 0.2) is 16.1 Å². The molecule has 19 heavy (non-hydrogen) atoms. The SMILES string of the molecule is CC(C)(C)NCCn1nnnc1SCc1ncon1. The van der Waals surface area contributed by atoms with Gasteiger partial charge in [-0.2, -0.15) is 4.98 Å². The lowest BCUT2D eigenvalue weighted by atomic mass is 10.1. The van der Waals surface area contributed by atoms with Crippen molar-refractivity contribution in [2.45, 2.75) is 43.8 Å². The first-order valence-corrected chi connectivity index (χ1v) is 6.92. The number of hydrogen-bond acceptors (Lipinski definition) is 8. The lowest BCUT2D eigenvalue weighted by Gasteiger charge is -2.20. The molecule has 104 valence electrons. The summed E-state index contributed by atoms with van der Waals surface area (Å²) >= 11 is 1.48. The molecule has 0 fully saturated rings. The normalized spacial score (nSPS) is 11.9. The highest BCUT2D eigenvalue weighted by molar-refractivity contribution is 7.98. The van der Waals surface area contributed by atoms with E-state index < -0.39 is 0 Å². The molecule has 9 heteroatoms. The molecule has 0 radical (unpaired) electrons. The largest absolute Gasteiger partial charge is 0.343 e. The molecule has 0 aliphatic rings. The first-order valence-electron chi connectivity index (χ1n) is 5.94. The Bertz CT molecular complexity index is 490. The molecule has 0 saturated carbocycles. The first kappa shape index (κ1) is 13.9. The molecule has 2 rings (SSSR count). The van der Waals surface area contributed by atoms with Crippen LogP contribution < -0.4 is 5.32 Å². The maximum atomic E-state index is 4.67. The summed E-state index contributed by atoms with van der Waals surface area (Å²) < 4.78 is 6.44. The van der Waals surface area contributed by atoms with E-state index in [-0.39, 0.29) is 5.54 Å². The summed E-state index contributed by atoms with van der Waals surface area (Å²) in [5, 5.41) is 19.5. The molecule has 0 unspecified atom stereocenters. The summed E-state index contributed by atoms with van der Waals surface area (Å²) in [4.78, 5) is 3.95. The maximum Gasteiger partial charge on any atom is 0.213 e. The van der Waals surface area contributed by atoms with Crippen LogP contribution in [0.5, 0.6) is 0 Å². The van der Waals surface area contributed by atoms with Gasteiger partial charge in [0.25, 0.3) is 0 Å². The van der Waals surface area contributed by atoms with Gasteiger partial charge in [-0.25, -0.2) is 4.68 Å². The van der Waals surface area contributed by atoms with Crippen molar-refractivity contribution < 1.29 is 4.52 Å². The van der Waals surface area contributed by atoms with Crippen molar-refractivity contribution in [2.75, 3.05) is 6.54 Å². The van der Waals surface area contributed by atoms with E-state index in [0.717, 1.165) is 18.2 Å². The van der Waals surface area contributed by atoms with Crippen LogP contribution in [0, 0.1) is 0 Å². The van der Waals surface area contributed by atoms with E-state index in [1.807, 2.05) is 0 Å². The van der Waals surface area contributed by atoms with Crippen LogP contribution in [0.1, 0.15) is 26.6 Å². The van der Waals surface area contributed by atoms with Crippen LogP contribution in [-0.4, -0.2) is 42.4 Å². The number of nitrogens with zero attached hydrogens (tertiary/aromatic N) is 6. The van der Waals surface area contributed by atoms with Gasteiger partial charge in [-0.1, -0.05) is 16.9 Å². The van der Waals surface area contributed by atoms with E-state index in [0.29, 0.717) is 11.6 Å². The lowest BCUT2D eigenvalue weighted by molar-refractivity contribution is 0.396. The van der Waals surface area contributed by atoms with Crippen molar-refractivity contribution in [3.05, 3.63) is 12.2 Å². The van der Waals surface area contributed by atoms with Crippen LogP contribution in [-0.2, 0) is 12.3 Å². The van der Waals surface area contributed by atoms with Crippen LogP contribution in [0.3, 0.4) is 0 Å². The van der Waals surface area contributed by atoms with E-state index in [9.17, 15) is 0 Å². The van der Waals surface area contributed by atoms with Gasteiger partial charge >= 0.3 is 0 Å². The van der Waals surface area contributed by atoms with Crippen LogP contribution in [0.25, 0.3) is 0 Å². The number of nitrogens with one attached hydrogen (secondary N) is 1. The van der Waals surface area contributed by atoms with Crippen molar-refractivity contribution in [3.8, 4) is 0 Å². The molecule has 0 spiro atoms. The molecule has 0 aromatic carbocycles. The molecule has 0 saturated heterocycles. The zero-order valence-electron chi connectivity index (χ0n) is 11.2. The molecule has 2 aromatic heterocycles. The zero-order valence-corrected chi connectivity index (χ0v) is 12.0. The molecular formula is C10H17N7OS. The third kappa shape index (κ3) is 4.60. The minimum atomic E-state index is 0.0892. The number of thioether (sulfide) groups is 1. The maximum absolute atomic E-state index is 4.67. The van der Waals surface area contributed by atoms with Gasteiger partial charge in [0.1, 0.15) is 0 Å². The molecule has 1 N–H and O–H groups in total. The Labute approximate surface area is 115 Å². The van der Waals surface area contributed by atoms with Gasteiger partial charge in [-0.15, -0.1) is 5.10 Å². The number of tetrazole rings is 1. The van der Waals surface area contributed by atoms with E-state index in [4.69, 9.17) is 0 Å². The van der Waals surface area contributed by atoms with Crippen molar-refractivity contribution in [2.24, 2.45) is 0 Å². The second kappa shape index (κ2) is 6.11. The molecule has 0 aliphatic carbocycles. The fraction of sp³-hybridized carbons (Fsp3) is 0.700. The van der Waals surface area contributed by atoms with Gasteiger partial charge in [0.2, 0.25) is 11.6 Å². The molecule has 0 amide bonds. The topological polar surface area (TPSA) is 94.6 Å². The molecule has 2 heterocycles. The zero-order chi connectivity index (χ0) is 13.7. The highest BCUT2D eigenvalue weighted by atomic mass is 32.2. The van der Waals surface area contributed by atoms with Crippen molar-refractivity contribution in [3.63, 3.8) is 0 Å². The summed E-state index contributed by atoms with van der Waals surface area (Å²) in [6.07, 6.45) is 1.31. The highest BCUT2D eigenvalue weighted by Crippen LogP contribution is 2.17. The average Bonchev–Trinajstić information content (AvgIpc) is 2.95. The standard InChI is InChI=1S/C10H17N7OS/c1-10(2,3)12-4-5-17-9(13-15-16-17)19-6-8-11-7-18-14-8/h7,12H,4-6H2,1-3H3. The van der Waals surface area contributed by atoms with Gasteiger partial charge in [0.05, 0.1) is 12.3 Å². The Morgan fingerprint density at radius 2 is 2.26 bits per heavy atom. The first-order chi connectivity index (χ1) is 9.04. The number of rotatable bonds is 6. The Hall–Kier alpha value is -1.48. The van der Waals surface area contributed by atoms with Gasteiger partial charge in [-0.05, 0) is 31.2 Å². The van der Waals surface area contributed by atoms with Gasteiger partial charge in [0, 0.05) is 12.1 Å². The van der Waals surface area contributed by atoms with Gasteiger partial charge in [0.15, 0.2) is 5.82 Å². The quantitative estimate of drug-likeness (QED) is 0.776. The van der Waals surface area contributed by atoms with Crippen molar-refractivity contribution in [1.82, 2.24) is 35.7 Å². The fourth-order valence-corrected chi connectivity index (χ4v) is 2.12. The minimum Gasteiger partial charge on any atom is -0.343 e. The summed E-state index contributed by atoms with van der Waals surface area (Å²) in [7, 11) is 0. The summed E-state index contributed by atoms with van der Waals surface area (Å²) in [5.74, 6) is 1.22. The molecular weight excluding hydrogens is 266 g/mol. The number of aromatic nitrogens is 6. The lowest BCUT2D eigenvalue weighted by Crippen LogP contribution is -2.38. The summed E-state index contributed by atoms with van der Waals surface area (Å²) in [5.41, 5.74) is 0.0892. The third-order valence-electron chi connectivity index (χ3n) is 2.22. The Kier molecular flexibility index (Phi) is 4.48. The highest BCUT2D eigenvalue weighted by Gasteiger charge is 2.11. The smallest absolute Gasteiger partial charge is 0.213 e. The predicted molar refractivity (Wildman–Crippen MR) is 69.4 cm³/mol. The molecule has 0 atom stereocenters. The van der Waals surface area contributed by atoms with Crippen LogP contribution >= 0.6 is 11.8 Å². The third-order valence-corrected chi connectivity index (χ3v) is 3.17. The van der Waals surface area contributed by atoms with E-state index in [1.165, 1.54) is 18.2 Å². The Balaban J connectivity index is 1.83. The van der Waals surface area contributed by atoms with Crippen LogP contribution in [0.2, 0.25) is 0 Å². The summed E-state index contributed by atoms with van der Waals surface area (Å²) in [6.45, 7) is 7.90.